The van der Waals surface area contributed by atoms with Crippen LogP contribution in [0.15, 0.2) is 30.3 Å². The van der Waals surface area contributed by atoms with E-state index in [1.807, 2.05) is 13.0 Å². The van der Waals surface area contributed by atoms with Gasteiger partial charge in [0.15, 0.2) is 0 Å². The second-order valence-electron chi connectivity index (χ2n) is 5.18. The standard InChI is InChI=1S/C15H19N5/c1-10-3-5-12(6-4-10)19-14-7-15(18-11(2)17-14)20-13-8-16-9-13/h3-7,13,16H,8-9H2,1-2H3,(H2,17,18,19,20). The van der Waals surface area contributed by atoms with Crippen LogP contribution in [0.5, 0.6) is 0 Å². The lowest BCUT2D eigenvalue weighted by Crippen LogP contribution is -2.51. The molecule has 1 aliphatic rings. The number of rotatable bonds is 4. The van der Waals surface area contributed by atoms with E-state index in [0.717, 1.165) is 36.2 Å². The third-order valence-corrected chi connectivity index (χ3v) is 3.30. The van der Waals surface area contributed by atoms with Gasteiger partial charge in [0.2, 0.25) is 0 Å². The van der Waals surface area contributed by atoms with Gasteiger partial charge in [0.05, 0.1) is 6.04 Å². The zero-order valence-electron chi connectivity index (χ0n) is 11.8. The van der Waals surface area contributed by atoms with Crippen LogP contribution < -0.4 is 16.0 Å². The van der Waals surface area contributed by atoms with Gasteiger partial charge in [-0.15, -0.1) is 0 Å². The van der Waals surface area contributed by atoms with Crippen LogP contribution in [0.4, 0.5) is 17.3 Å². The molecule has 1 aromatic heterocycles. The summed E-state index contributed by atoms with van der Waals surface area (Å²) in [6, 6.07) is 10.7. The first-order valence-corrected chi connectivity index (χ1v) is 6.86. The van der Waals surface area contributed by atoms with Gasteiger partial charge in [-0.3, -0.25) is 0 Å². The Morgan fingerprint density at radius 3 is 2.40 bits per heavy atom. The van der Waals surface area contributed by atoms with E-state index >= 15 is 0 Å². The van der Waals surface area contributed by atoms with E-state index in [0.29, 0.717) is 6.04 Å². The fourth-order valence-corrected chi connectivity index (χ4v) is 2.09. The van der Waals surface area contributed by atoms with Crippen LogP contribution in [0.3, 0.4) is 0 Å². The number of benzene rings is 1. The van der Waals surface area contributed by atoms with E-state index in [1.165, 1.54) is 5.56 Å². The predicted molar refractivity (Wildman–Crippen MR) is 81.5 cm³/mol. The third kappa shape index (κ3) is 3.05. The molecule has 0 spiro atoms. The van der Waals surface area contributed by atoms with Crippen LogP contribution in [-0.2, 0) is 0 Å². The average molecular weight is 269 g/mol. The van der Waals surface area contributed by atoms with Gasteiger partial charge in [-0.2, -0.15) is 0 Å². The van der Waals surface area contributed by atoms with Crippen LogP contribution in [-0.4, -0.2) is 29.1 Å². The van der Waals surface area contributed by atoms with Gasteiger partial charge >= 0.3 is 0 Å². The van der Waals surface area contributed by atoms with Crippen molar-refractivity contribution in [2.24, 2.45) is 0 Å². The zero-order valence-corrected chi connectivity index (χ0v) is 11.8. The summed E-state index contributed by atoms with van der Waals surface area (Å²) in [4.78, 5) is 8.85. The van der Waals surface area contributed by atoms with Gasteiger partial charge in [-0.05, 0) is 26.0 Å². The molecule has 3 N–H and O–H groups in total. The van der Waals surface area contributed by atoms with Crippen molar-refractivity contribution >= 4 is 17.3 Å². The number of nitrogens with zero attached hydrogens (tertiary/aromatic N) is 2. The summed E-state index contributed by atoms with van der Waals surface area (Å²) in [7, 11) is 0. The molecule has 0 amide bonds. The van der Waals surface area contributed by atoms with Crippen LogP contribution in [0, 0.1) is 13.8 Å². The molecule has 1 fully saturated rings. The molecule has 0 bridgehead atoms. The van der Waals surface area contributed by atoms with Crippen LogP contribution in [0.2, 0.25) is 0 Å². The zero-order chi connectivity index (χ0) is 13.9. The van der Waals surface area contributed by atoms with Gasteiger partial charge in [-0.25, -0.2) is 9.97 Å². The Hall–Kier alpha value is -2.14. The monoisotopic (exact) mass is 269 g/mol. The van der Waals surface area contributed by atoms with Crippen molar-refractivity contribution in [2.75, 3.05) is 23.7 Å². The first-order valence-electron chi connectivity index (χ1n) is 6.86. The van der Waals surface area contributed by atoms with Gasteiger partial charge in [-0.1, -0.05) is 17.7 Å². The van der Waals surface area contributed by atoms with E-state index < -0.39 is 0 Å². The molecule has 20 heavy (non-hydrogen) atoms. The molecule has 0 unspecified atom stereocenters. The van der Waals surface area contributed by atoms with E-state index in [2.05, 4.69) is 57.1 Å². The van der Waals surface area contributed by atoms with Gasteiger partial charge in [0, 0.05) is 24.8 Å². The Labute approximate surface area is 118 Å². The van der Waals surface area contributed by atoms with E-state index in [1.54, 1.807) is 0 Å². The lowest BCUT2D eigenvalue weighted by atomic mass is 10.2. The third-order valence-electron chi connectivity index (χ3n) is 3.30. The van der Waals surface area contributed by atoms with Crippen molar-refractivity contribution in [3.05, 3.63) is 41.7 Å². The molecule has 2 heterocycles. The second-order valence-corrected chi connectivity index (χ2v) is 5.18. The molecule has 3 rings (SSSR count). The second kappa shape index (κ2) is 5.46. The van der Waals surface area contributed by atoms with Gasteiger partial charge in [0.25, 0.3) is 0 Å². The molecule has 5 nitrogen and oxygen atoms in total. The average Bonchev–Trinajstić information content (AvgIpc) is 2.36. The number of nitrogens with one attached hydrogen (secondary N) is 3. The fraction of sp³-hybridized carbons (Fsp3) is 0.333. The molecule has 1 aliphatic heterocycles. The largest absolute Gasteiger partial charge is 0.365 e. The van der Waals surface area contributed by atoms with Crippen molar-refractivity contribution in [1.82, 2.24) is 15.3 Å². The van der Waals surface area contributed by atoms with Crippen molar-refractivity contribution in [2.45, 2.75) is 19.9 Å². The first kappa shape index (κ1) is 12.9. The highest BCUT2D eigenvalue weighted by Crippen LogP contribution is 2.18. The maximum Gasteiger partial charge on any atom is 0.136 e. The van der Waals surface area contributed by atoms with E-state index in [-0.39, 0.29) is 0 Å². The quantitative estimate of drug-likeness (QED) is 0.794. The van der Waals surface area contributed by atoms with Crippen LogP contribution >= 0.6 is 0 Å². The van der Waals surface area contributed by atoms with Crippen LogP contribution in [0.1, 0.15) is 11.4 Å². The first-order chi connectivity index (χ1) is 9.69. The molecule has 104 valence electrons. The fourth-order valence-electron chi connectivity index (χ4n) is 2.09. The normalized spacial score (nSPS) is 14.7. The smallest absolute Gasteiger partial charge is 0.136 e. The summed E-state index contributed by atoms with van der Waals surface area (Å²) in [5.74, 6) is 2.45. The molecular formula is C15H19N5. The summed E-state index contributed by atoms with van der Waals surface area (Å²) in [5, 5.41) is 9.95. The topological polar surface area (TPSA) is 61.9 Å². The lowest BCUT2D eigenvalue weighted by molar-refractivity contribution is 0.471. The minimum atomic E-state index is 0.469. The highest BCUT2D eigenvalue weighted by atomic mass is 15.1. The summed E-state index contributed by atoms with van der Waals surface area (Å²) in [5.41, 5.74) is 2.28. The molecule has 0 saturated carbocycles. The van der Waals surface area contributed by atoms with Crippen molar-refractivity contribution in [1.29, 1.82) is 0 Å². The molecule has 0 radical (unpaired) electrons. The number of hydrogen-bond donors (Lipinski definition) is 3. The Morgan fingerprint density at radius 1 is 1.05 bits per heavy atom. The number of aromatic nitrogens is 2. The molecule has 1 aromatic carbocycles. The number of hydrogen-bond acceptors (Lipinski definition) is 5. The molecule has 1 saturated heterocycles. The minimum Gasteiger partial charge on any atom is -0.365 e. The van der Waals surface area contributed by atoms with Crippen molar-refractivity contribution in [3.63, 3.8) is 0 Å². The maximum atomic E-state index is 4.42. The Bertz CT molecular complexity index is 590. The lowest BCUT2D eigenvalue weighted by Gasteiger charge is -2.28. The van der Waals surface area contributed by atoms with Crippen molar-refractivity contribution < 1.29 is 0 Å². The Kier molecular flexibility index (Phi) is 3.52. The van der Waals surface area contributed by atoms with Gasteiger partial charge < -0.3 is 16.0 Å². The van der Waals surface area contributed by atoms with Crippen molar-refractivity contribution in [3.8, 4) is 0 Å². The molecule has 5 heteroatoms. The summed E-state index contributed by atoms with van der Waals surface area (Å²) in [6.07, 6.45) is 0. The van der Waals surface area contributed by atoms with Gasteiger partial charge in [0.1, 0.15) is 17.5 Å². The minimum absolute atomic E-state index is 0.469. The predicted octanol–water partition coefficient (Wildman–Crippen LogP) is 2.22. The molecule has 2 aromatic rings. The summed E-state index contributed by atoms with van der Waals surface area (Å²) < 4.78 is 0. The highest BCUT2D eigenvalue weighted by molar-refractivity contribution is 5.59. The highest BCUT2D eigenvalue weighted by Gasteiger charge is 2.17. The number of anilines is 3. The van der Waals surface area contributed by atoms with Crippen LogP contribution in [0.25, 0.3) is 0 Å². The Balaban J connectivity index is 1.76. The Morgan fingerprint density at radius 2 is 1.75 bits per heavy atom. The summed E-state index contributed by atoms with van der Waals surface area (Å²) >= 11 is 0. The number of aryl methyl sites for hydroxylation is 2. The maximum absolute atomic E-state index is 4.42. The summed E-state index contributed by atoms with van der Waals surface area (Å²) in [6.45, 7) is 5.96. The molecule has 0 aliphatic carbocycles. The SMILES string of the molecule is Cc1ccc(Nc2cc(NC3CNC3)nc(C)n2)cc1. The van der Waals surface area contributed by atoms with E-state index in [9.17, 15) is 0 Å². The molecular weight excluding hydrogens is 250 g/mol. The van der Waals surface area contributed by atoms with E-state index in [4.69, 9.17) is 0 Å². The molecule has 0 atom stereocenters.